The Labute approximate surface area is 99.7 Å². The zero-order valence-corrected chi connectivity index (χ0v) is 11.1. The zero-order valence-electron chi connectivity index (χ0n) is 11.1. The molecule has 0 spiro atoms. The van der Waals surface area contributed by atoms with Crippen LogP contribution in [0.4, 0.5) is 0 Å². The van der Waals surface area contributed by atoms with Gasteiger partial charge < -0.3 is 0 Å². The molecular formula is C14H25NO. The molecule has 1 saturated heterocycles. The number of likely N-dealkylation sites (tertiary alicyclic amines) is 1. The van der Waals surface area contributed by atoms with Crippen molar-refractivity contribution < 1.29 is 4.79 Å². The summed E-state index contributed by atoms with van der Waals surface area (Å²) in [5.41, 5.74) is 0.101. The fourth-order valence-corrected chi connectivity index (χ4v) is 2.11. The van der Waals surface area contributed by atoms with Crippen molar-refractivity contribution >= 4 is 5.78 Å². The first-order valence-electron chi connectivity index (χ1n) is 6.28. The third-order valence-corrected chi connectivity index (χ3v) is 2.88. The second-order valence-corrected chi connectivity index (χ2v) is 6.26. The Hall–Kier alpha value is -0.630. The van der Waals surface area contributed by atoms with E-state index >= 15 is 0 Å². The Morgan fingerprint density at radius 3 is 2.62 bits per heavy atom. The topological polar surface area (TPSA) is 20.3 Å². The normalized spacial score (nSPS) is 23.1. The highest BCUT2D eigenvalue weighted by molar-refractivity contribution is 5.90. The Balaban J connectivity index is 2.24. The molecule has 1 atom stereocenters. The van der Waals surface area contributed by atoms with Crippen molar-refractivity contribution in [2.75, 3.05) is 19.6 Å². The first kappa shape index (κ1) is 13.4. The van der Waals surface area contributed by atoms with Crippen LogP contribution in [0.3, 0.4) is 0 Å². The number of allylic oxidation sites excluding steroid dienone is 1. The van der Waals surface area contributed by atoms with Crippen LogP contribution in [0, 0.1) is 11.3 Å². The van der Waals surface area contributed by atoms with Crippen LogP contribution in [0.25, 0.3) is 0 Å². The van der Waals surface area contributed by atoms with Crippen LogP contribution in [-0.4, -0.2) is 30.3 Å². The Morgan fingerprint density at radius 1 is 1.44 bits per heavy atom. The largest absolute Gasteiger partial charge is 0.299 e. The summed E-state index contributed by atoms with van der Waals surface area (Å²) in [6, 6.07) is 0. The molecule has 0 aromatic heterocycles. The highest BCUT2D eigenvalue weighted by Crippen LogP contribution is 2.19. The van der Waals surface area contributed by atoms with Gasteiger partial charge in [-0.1, -0.05) is 33.8 Å². The molecule has 92 valence electrons. The van der Waals surface area contributed by atoms with E-state index in [0.29, 0.717) is 6.42 Å². The van der Waals surface area contributed by atoms with Crippen molar-refractivity contribution in [2.45, 2.75) is 40.5 Å². The monoisotopic (exact) mass is 223 g/mol. The molecule has 0 amide bonds. The molecule has 0 aliphatic carbocycles. The van der Waals surface area contributed by atoms with Gasteiger partial charge in [-0.15, -0.1) is 0 Å². The Kier molecular flexibility index (Phi) is 4.72. The van der Waals surface area contributed by atoms with E-state index in [1.807, 2.05) is 6.08 Å². The van der Waals surface area contributed by atoms with E-state index in [1.165, 1.54) is 19.5 Å². The summed E-state index contributed by atoms with van der Waals surface area (Å²) in [6.45, 7) is 11.9. The number of nitrogens with zero attached hydrogens (tertiary/aromatic N) is 1. The summed E-state index contributed by atoms with van der Waals surface area (Å²) in [5.74, 6) is 1.07. The maximum absolute atomic E-state index is 11.6. The van der Waals surface area contributed by atoms with Gasteiger partial charge >= 0.3 is 0 Å². The van der Waals surface area contributed by atoms with Crippen molar-refractivity contribution in [1.82, 2.24) is 4.90 Å². The average molecular weight is 223 g/mol. The van der Waals surface area contributed by atoms with Crippen LogP contribution < -0.4 is 0 Å². The summed E-state index contributed by atoms with van der Waals surface area (Å²) >= 11 is 0. The van der Waals surface area contributed by atoms with Crippen LogP contribution in [0.15, 0.2) is 12.2 Å². The molecule has 0 saturated carbocycles. The molecule has 1 fully saturated rings. The van der Waals surface area contributed by atoms with Crippen LogP contribution in [0.5, 0.6) is 0 Å². The van der Waals surface area contributed by atoms with Gasteiger partial charge in [0.2, 0.25) is 0 Å². The molecule has 0 radical (unpaired) electrons. The quantitative estimate of drug-likeness (QED) is 0.683. The minimum absolute atomic E-state index is 0.101. The standard InChI is InChI=1S/C14H25NO/c1-12-7-9-15(11-12)8-5-6-13(16)10-14(2,3)4/h5-6,12H,7-11H2,1-4H3/b6-5+. The van der Waals surface area contributed by atoms with Gasteiger partial charge in [0.1, 0.15) is 0 Å². The predicted molar refractivity (Wildman–Crippen MR) is 68.4 cm³/mol. The second-order valence-electron chi connectivity index (χ2n) is 6.26. The summed E-state index contributed by atoms with van der Waals surface area (Å²) in [4.78, 5) is 14.0. The number of hydrogen-bond donors (Lipinski definition) is 0. The van der Waals surface area contributed by atoms with Gasteiger partial charge in [0.25, 0.3) is 0 Å². The van der Waals surface area contributed by atoms with E-state index in [9.17, 15) is 4.79 Å². The SMILES string of the molecule is CC1CCN(C/C=C/C(=O)CC(C)(C)C)C1. The van der Waals surface area contributed by atoms with Crippen molar-refractivity contribution in [2.24, 2.45) is 11.3 Å². The van der Waals surface area contributed by atoms with Crippen molar-refractivity contribution in [3.8, 4) is 0 Å². The Bertz CT molecular complexity index is 262. The lowest BCUT2D eigenvalue weighted by Gasteiger charge is -2.15. The van der Waals surface area contributed by atoms with Crippen LogP contribution >= 0.6 is 0 Å². The lowest BCUT2D eigenvalue weighted by molar-refractivity contribution is -0.116. The fraction of sp³-hybridized carbons (Fsp3) is 0.786. The van der Waals surface area contributed by atoms with E-state index < -0.39 is 0 Å². The van der Waals surface area contributed by atoms with E-state index in [2.05, 4.69) is 32.6 Å². The minimum atomic E-state index is 0.101. The molecule has 1 aliphatic heterocycles. The molecule has 0 bridgehead atoms. The molecule has 2 nitrogen and oxygen atoms in total. The Morgan fingerprint density at radius 2 is 2.12 bits per heavy atom. The number of carbonyl (C=O) groups is 1. The van der Waals surface area contributed by atoms with Gasteiger partial charge in [-0.05, 0) is 30.4 Å². The molecule has 1 unspecified atom stereocenters. The third-order valence-electron chi connectivity index (χ3n) is 2.88. The average Bonchev–Trinajstić information content (AvgIpc) is 2.48. The highest BCUT2D eigenvalue weighted by Gasteiger charge is 2.17. The van der Waals surface area contributed by atoms with Crippen molar-refractivity contribution in [3.05, 3.63) is 12.2 Å². The third kappa shape index (κ3) is 5.45. The zero-order chi connectivity index (χ0) is 12.2. The van der Waals surface area contributed by atoms with Gasteiger partial charge in [0, 0.05) is 19.5 Å². The lowest BCUT2D eigenvalue weighted by Crippen LogP contribution is -2.20. The second kappa shape index (κ2) is 5.62. The van der Waals surface area contributed by atoms with Crippen LogP contribution in [0.2, 0.25) is 0 Å². The predicted octanol–water partition coefficient (Wildman–Crippen LogP) is 2.89. The van der Waals surface area contributed by atoms with E-state index in [-0.39, 0.29) is 11.2 Å². The number of hydrogen-bond acceptors (Lipinski definition) is 2. The summed E-state index contributed by atoms with van der Waals surface area (Å²) < 4.78 is 0. The van der Waals surface area contributed by atoms with Gasteiger partial charge in [0.05, 0.1) is 0 Å². The molecule has 1 heterocycles. The lowest BCUT2D eigenvalue weighted by atomic mass is 9.90. The molecule has 2 heteroatoms. The minimum Gasteiger partial charge on any atom is -0.299 e. The highest BCUT2D eigenvalue weighted by atomic mass is 16.1. The van der Waals surface area contributed by atoms with E-state index in [4.69, 9.17) is 0 Å². The first-order valence-corrected chi connectivity index (χ1v) is 6.28. The fourth-order valence-electron chi connectivity index (χ4n) is 2.11. The molecule has 16 heavy (non-hydrogen) atoms. The summed E-state index contributed by atoms with van der Waals surface area (Å²) in [6.07, 6.45) is 5.71. The molecule has 0 aromatic carbocycles. The van der Waals surface area contributed by atoms with E-state index in [1.54, 1.807) is 6.08 Å². The summed E-state index contributed by atoms with van der Waals surface area (Å²) in [7, 11) is 0. The molecule has 1 rings (SSSR count). The number of rotatable bonds is 4. The van der Waals surface area contributed by atoms with Gasteiger partial charge in [-0.3, -0.25) is 9.69 Å². The van der Waals surface area contributed by atoms with Crippen molar-refractivity contribution in [1.29, 1.82) is 0 Å². The summed E-state index contributed by atoms with van der Waals surface area (Å²) in [5, 5.41) is 0. The first-order chi connectivity index (χ1) is 7.37. The maximum atomic E-state index is 11.6. The van der Waals surface area contributed by atoms with E-state index in [0.717, 1.165) is 12.5 Å². The molecule has 1 aliphatic rings. The smallest absolute Gasteiger partial charge is 0.155 e. The van der Waals surface area contributed by atoms with Crippen molar-refractivity contribution in [3.63, 3.8) is 0 Å². The van der Waals surface area contributed by atoms with Crippen LogP contribution in [0.1, 0.15) is 40.5 Å². The number of ketones is 1. The number of carbonyl (C=O) groups excluding carboxylic acids is 1. The molecule has 0 N–H and O–H groups in total. The van der Waals surface area contributed by atoms with Crippen LogP contribution in [-0.2, 0) is 4.79 Å². The van der Waals surface area contributed by atoms with Gasteiger partial charge in [-0.2, -0.15) is 0 Å². The molecule has 0 aromatic rings. The molecular weight excluding hydrogens is 198 g/mol. The maximum Gasteiger partial charge on any atom is 0.155 e. The van der Waals surface area contributed by atoms with Gasteiger partial charge in [0.15, 0.2) is 5.78 Å². The van der Waals surface area contributed by atoms with Gasteiger partial charge in [-0.25, -0.2) is 0 Å².